The van der Waals surface area contributed by atoms with Gasteiger partial charge in [0.2, 0.25) is 0 Å². The molecule has 3 nitrogen and oxygen atoms in total. The molecule has 2 rings (SSSR count). The van der Waals surface area contributed by atoms with E-state index in [1.807, 2.05) is 12.1 Å². The Bertz CT molecular complexity index is 628. The maximum absolute atomic E-state index is 13.3. The second kappa shape index (κ2) is 8.11. The topological polar surface area (TPSA) is 28.4 Å². The molecule has 0 aliphatic rings. The van der Waals surface area contributed by atoms with Crippen LogP contribution in [0.3, 0.4) is 0 Å². The van der Waals surface area contributed by atoms with Crippen molar-refractivity contribution < 1.29 is 8.81 Å². The van der Waals surface area contributed by atoms with E-state index in [-0.39, 0.29) is 11.9 Å². The molecule has 0 spiro atoms. The normalized spacial score (nSPS) is 12.2. The molecule has 1 aromatic heterocycles. The van der Waals surface area contributed by atoms with E-state index >= 15 is 0 Å². The molecule has 0 aliphatic heterocycles. The number of hydrogen-bond acceptors (Lipinski definition) is 2. The first-order valence-electron chi connectivity index (χ1n) is 7.84. The van der Waals surface area contributed by atoms with Gasteiger partial charge in [-0.1, -0.05) is 19.9 Å². The van der Waals surface area contributed by atoms with E-state index in [0.717, 1.165) is 18.7 Å². The van der Waals surface area contributed by atoms with Gasteiger partial charge < -0.3 is 14.6 Å². The maximum atomic E-state index is 13.3. The molecule has 5 heteroatoms. The fourth-order valence-electron chi connectivity index (χ4n) is 2.31. The van der Waals surface area contributed by atoms with Crippen molar-refractivity contribution in [3.63, 3.8) is 0 Å². The number of nitrogens with zero attached hydrogens (tertiary/aromatic N) is 1. The van der Waals surface area contributed by atoms with E-state index < -0.39 is 0 Å². The van der Waals surface area contributed by atoms with Crippen LogP contribution in [0.2, 0.25) is 0 Å². The molecule has 0 fully saturated rings. The van der Waals surface area contributed by atoms with Crippen LogP contribution in [0, 0.1) is 11.7 Å². The van der Waals surface area contributed by atoms with Crippen LogP contribution in [0.25, 0.3) is 0 Å². The van der Waals surface area contributed by atoms with Gasteiger partial charge in [-0.05, 0) is 61.8 Å². The zero-order chi connectivity index (χ0) is 16.8. The van der Waals surface area contributed by atoms with Gasteiger partial charge in [0, 0.05) is 12.2 Å². The van der Waals surface area contributed by atoms with Gasteiger partial charge in [0.25, 0.3) is 0 Å². The van der Waals surface area contributed by atoms with Gasteiger partial charge in [0.1, 0.15) is 11.6 Å². The molecular formula is C18H23FN2OS. The smallest absolute Gasteiger partial charge is 0.174 e. The van der Waals surface area contributed by atoms with Gasteiger partial charge in [-0.15, -0.1) is 0 Å². The van der Waals surface area contributed by atoms with Gasteiger partial charge in [0.15, 0.2) is 5.11 Å². The molecule has 1 aromatic carbocycles. The molecule has 23 heavy (non-hydrogen) atoms. The number of furan rings is 1. The highest BCUT2D eigenvalue weighted by molar-refractivity contribution is 7.80. The molecule has 0 saturated carbocycles. The van der Waals surface area contributed by atoms with Crippen LogP contribution in [0.4, 0.5) is 10.1 Å². The average Bonchev–Trinajstić information content (AvgIpc) is 3.01. The average molecular weight is 334 g/mol. The van der Waals surface area contributed by atoms with Crippen molar-refractivity contribution >= 4 is 23.0 Å². The van der Waals surface area contributed by atoms with Crippen LogP contribution in [0.1, 0.15) is 39.0 Å². The minimum absolute atomic E-state index is 0.0114. The zero-order valence-electron chi connectivity index (χ0n) is 13.8. The Morgan fingerprint density at radius 3 is 2.65 bits per heavy atom. The molecule has 1 unspecified atom stereocenters. The highest BCUT2D eigenvalue weighted by atomic mass is 32.1. The van der Waals surface area contributed by atoms with Crippen molar-refractivity contribution in [2.75, 3.05) is 11.9 Å². The van der Waals surface area contributed by atoms with Crippen LogP contribution in [0.5, 0.6) is 0 Å². The van der Waals surface area contributed by atoms with Crippen LogP contribution < -0.4 is 5.32 Å². The predicted octanol–water partition coefficient (Wildman–Crippen LogP) is 5.22. The first-order valence-corrected chi connectivity index (χ1v) is 8.24. The molecule has 1 atom stereocenters. The Morgan fingerprint density at radius 2 is 2.04 bits per heavy atom. The standard InChI is InChI=1S/C18H23FN2OS/c1-13(2)9-10-21(14(3)17-8-5-11-22-17)18(23)20-16-7-4-6-15(19)12-16/h4-8,11-14H,9-10H2,1-3H3,(H,20,23). The highest BCUT2D eigenvalue weighted by Crippen LogP contribution is 2.23. The maximum Gasteiger partial charge on any atom is 0.174 e. The molecule has 0 aliphatic carbocycles. The summed E-state index contributed by atoms with van der Waals surface area (Å²) in [5.41, 5.74) is 0.649. The summed E-state index contributed by atoms with van der Waals surface area (Å²) in [6.07, 6.45) is 2.67. The number of halogens is 1. The molecule has 0 amide bonds. The van der Waals surface area contributed by atoms with Crippen molar-refractivity contribution in [2.24, 2.45) is 5.92 Å². The quantitative estimate of drug-likeness (QED) is 0.733. The van der Waals surface area contributed by atoms with Gasteiger partial charge in [-0.3, -0.25) is 0 Å². The van der Waals surface area contributed by atoms with Crippen LogP contribution in [-0.2, 0) is 0 Å². The van der Waals surface area contributed by atoms with Crippen molar-refractivity contribution in [1.29, 1.82) is 0 Å². The Morgan fingerprint density at radius 1 is 1.26 bits per heavy atom. The summed E-state index contributed by atoms with van der Waals surface area (Å²) >= 11 is 5.55. The summed E-state index contributed by atoms with van der Waals surface area (Å²) in [5, 5.41) is 3.69. The Balaban J connectivity index is 2.13. The molecule has 124 valence electrons. The van der Waals surface area contributed by atoms with Crippen LogP contribution >= 0.6 is 12.2 Å². The van der Waals surface area contributed by atoms with Crippen molar-refractivity contribution in [2.45, 2.75) is 33.2 Å². The fourth-order valence-corrected chi connectivity index (χ4v) is 2.68. The summed E-state index contributed by atoms with van der Waals surface area (Å²) < 4.78 is 18.9. The number of hydrogen-bond donors (Lipinski definition) is 1. The lowest BCUT2D eigenvalue weighted by Gasteiger charge is -2.31. The second-order valence-electron chi connectivity index (χ2n) is 6.01. The minimum atomic E-state index is -0.286. The molecule has 2 aromatic rings. The van der Waals surface area contributed by atoms with Gasteiger partial charge in [-0.2, -0.15) is 0 Å². The van der Waals surface area contributed by atoms with Crippen LogP contribution in [0.15, 0.2) is 47.1 Å². The predicted molar refractivity (Wildman–Crippen MR) is 95.9 cm³/mol. The molecule has 1 N–H and O–H groups in total. The molecular weight excluding hydrogens is 311 g/mol. The van der Waals surface area contributed by atoms with E-state index in [1.54, 1.807) is 18.4 Å². The minimum Gasteiger partial charge on any atom is -0.467 e. The largest absolute Gasteiger partial charge is 0.467 e. The van der Waals surface area contributed by atoms with Crippen molar-refractivity contribution in [3.05, 3.63) is 54.2 Å². The number of thiocarbonyl (C=S) groups is 1. The third-order valence-corrected chi connectivity index (χ3v) is 4.04. The molecule has 0 saturated heterocycles. The number of rotatable bonds is 6. The lowest BCUT2D eigenvalue weighted by atomic mass is 10.1. The SMILES string of the molecule is CC(C)CCN(C(=S)Nc1cccc(F)c1)C(C)c1ccco1. The van der Waals surface area contributed by atoms with E-state index in [0.29, 0.717) is 16.7 Å². The summed E-state index contributed by atoms with van der Waals surface area (Å²) in [4.78, 5) is 2.08. The molecule has 1 heterocycles. The summed E-state index contributed by atoms with van der Waals surface area (Å²) in [7, 11) is 0. The van der Waals surface area contributed by atoms with E-state index in [9.17, 15) is 4.39 Å². The van der Waals surface area contributed by atoms with Gasteiger partial charge in [-0.25, -0.2) is 4.39 Å². The van der Waals surface area contributed by atoms with Crippen LogP contribution in [-0.4, -0.2) is 16.6 Å². The number of benzene rings is 1. The lowest BCUT2D eigenvalue weighted by molar-refractivity contribution is 0.281. The first kappa shape index (κ1) is 17.5. The van der Waals surface area contributed by atoms with E-state index in [1.165, 1.54) is 12.1 Å². The monoisotopic (exact) mass is 334 g/mol. The number of anilines is 1. The summed E-state index contributed by atoms with van der Waals surface area (Å²) in [6.45, 7) is 7.22. The fraction of sp³-hybridized carbons (Fsp3) is 0.389. The Labute approximate surface area is 142 Å². The summed E-state index contributed by atoms with van der Waals surface area (Å²) in [5.74, 6) is 1.14. The zero-order valence-corrected chi connectivity index (χ0v) is 14.6. The van der Waals surface area contributed by atoms with Gasteiger partial charge in [0.05, 0.1) is 12.3 Å². The Hall–Kier alpha value is -1.88. The second-order valence-corrected chi connectivity index (χ2v) is 6.39. The van der Waals surface area contributed by atoms with Crippen molar-refractivity contribution in [3.8, 4) is 0 Å². The van der Waals surface area contributed by atoms with E-state index in [2.05, 4.69) is 31.0 Å². The lowest BCUT2D eigenvalue weighted by Crippen LogP contribution is -2.38. The third kappa shape index (κ3) is 5.06. The summed E-state index contributed by atoms with van der Waals surface area (Å²) in [6, 6.07) is 10.1. The molecule has 0 radical (unpaired) electrons. The third-order valence-electron chi connectivity index (χ3n) is 3.71. The van der Waals surface area contributed by atoms with Gasteiger partial charge >= 0.3 is 0 Å². The van der Waals surface area contributed by atoms with E-state index in [4.69, 9.17) is 16.6 Å². The highest BCUT2D eigenvalue weighted by Gasteiger charge is 2.21. The first-order chi connectivity index (χ1) is 11.0. The van der Waals surface area contributed by atoms with Crippen molar-refractivity contribution in [1.82, 2.24) is 4.90 Å². The Kier molecular flexibility index (Phi) is 6.16. The molecule has 0 bridgehead atoms. The number of nitrogens with one attached hydrogen (secondary N) is 1.